The van der Waals surface area contributed by atoms with Crippen LogP contribution in [-0.4, -0.2) is 0 Å². The molecular weight excluding hydrogens is 149 g/mol. The molecule has 0 aromatic rings. The Morgan fingerprint density at radius 2 is 1.33 bits per heavy atom. The molecule has 0 spiro atoms. The zero-order valence-electron chi connectivity index (χ0n) is 4.11. The standard InChI is InChI=1S/C5H10.Y/c1-3-5-4-2;/h1-5H2;/q-2;. The van der Waals surface area contributed by atoms with Crippen LogP contribution in [-0.2, 0) is 32.7 Å². The van der Waals surface area contributed by atoms with Gasteiger partial charge in [-0.1, -0.05) is 0 Å². The third-order valence-corrected chi connectivity index (χ3v) is 0.500. The average molecular weight is 159 g/mol. The number of unbranched alkanes of at least 4 members (excludes halogenated alkanes) is 2. The molecule has 0 amide bonds. The van der Waals surface area contributed by atoms with Crippen molar-refractivity contribution in [1.29, 1.82) is 0 Å². The van der Waals surface area contributed by atoms with Crippen molar-refractivity contribution in [2.45, 2.75) is 19.3 Å². The molecule has 0 rings (SSSR count). The Kier molecular flexibility index (Phi) is 16.0. The van der Waals surface area contributed by atoms with Gasteiger partial charge in [0, 0.05) is 32.7 Å². The van der Waals surface area contributed by atoms with Gasteiger partial charge in [-0.2, -0.15) is 12.8 Å². The molecule has 0 bridgehead atoms. The van der Waals surface area contributed by atoms with Crippen LogP contribution in [0.15, 0.2) is 0 Å². The second-order valence-corrected chi connectivity index (χ2v) is 1.06. The van der Waals surface area contributed by atoms with Crippen molar-refractivity contribution in [2.24, 2.45) is 0 Å². The topological polar surface area (TPSA) is 0 Å². The van der Waals surface area contributed by atoms with Crippen LogP contribution in [0.1, 0.15) is 19.3 Å². The van der Waals surface area contributed by atoms with Gasteiger partial charge in [0.2, 0.25) is 0 Å². The summed E-state index contributed by atoms with van der Waals surface area (Å²) in [5.74, 6) is 0. The average Bonchev–Trinajstić information content (AvgIpc) is 1.41. The van der Waals surface area contributed by atoms with Gasteiger partial charge in [-0.15, -0.1) is 6.42 Å². The first-order chi connectivity index (χ1) is 2.41. The maximum atomic E-state index is 3.64. The van der Waals surface area contributed by atoms with Gasteiger partial charge in [-0.05, 0) is 0 Å². The van der Waals surface area contributed by atoms with Crippen LogP contribution in [0.25, 0.3) is 0 Å². The van der Waals surface area contributed by atoms with E-state index in [-0.39, 0.29) is 32.7 Å². The first-order valence-electron chi connectivity index (χ1n) is 2.00. The summed E-state index contributed by atoms with van der Waals surface area (Å²) in [5.41, 5.74) is 0. The predicted octanol–water partition coefficient (Wildman–Crippen LogP) is 1.82. The van der Waals surface area contributed by atoms with Gasteiger partial charge >= 0.3 is 0 Å². The second-order valence-electron chi connectivity index (χ2n) is 1.06. The molecule has 0 aliphatic heterocycles. The molecule has 0 unspecified atom stereocenters. The summed E-state index contributed by atoms with van der Waals surface area (Å²) in [4.78, 5) is 0. The number of rotatable bonds is 2. The van der Waals surface area contributed by atoms with Crippen molar-refractivity contribution in [3.05, 3.63) is 13.8 Å². The molecule has 0 aliphatic rings. The first-order valence-corrected chi connectivity index (χ1v) is 2.00. The van der Waals surface area contributed by atoms with Gasteiger partial charge in [0.15, 0.2) is 0 Å². The minimum atomic E-state index is 0. The van der Waals surface area contributed by atoms with Crippen molar-refractivity contribution in [3.63, 3.8) is 0 Å². The Morgan fingerprint density at radius 3 is 1.33 bits per heavy atom. The monoisotopic (exact) mass is 159 g/mol. The van der Waals surface area contributed by atoms with Crippen LogP contribution in [0.2, 0.25) is 0 Å². The van der Waals surface area contributed by atoms with Gasteiger partial charge < -0.3 is 13.8 Å². The van der Waals surface area contributed by atoms with Gasteiger partial charge in [-0.3, -0.25) is 0 Å². The third kappa shape index (κ3) is 8.92. The molecule has 0 aliphatic carbocycles. The summed E-state index contributed by atoms with van der Waals surface area (Å²) in [6.45, 7) is 7.27. The minimum absolute atomic E-state index is 0. The molecule has 1 radical (unpaired) electrons. The minimum Gasteiger partial charge on any atom is -0.343 e. The zero-order valence-corrected chi connectivity index (χ0v) is 6.95. The first kappa shape index (κ1) is 10.2. The second kappa shape index (κ2) is 9.44. The molecule has 0 nitrogen and oxygen atoms in total. The van der Waals surface area contributed by atoms with Gasteiger partial charge in [0.05, 0.1) is 0 Å². The summed E-state index contributed by atoms with van der Waals surface area (Å²) in [6.07, 6.45) is 3.23. The molecule has 0 aromatic heterocycles. The van der Waals surface area contributed by atoms with E-state index in [4.69, 9.17) is 0 Å². The normalized spacial score (nSPS) is 7.00. The number of hydrogen-bond donors (Lipinski definition) is 0. The molecule has 0 N–H and O–H groups in total. The van der Waals surface area contributed by atoms with Crippen LogP contribution < -0.4 is 0 Å². The van der Waals surface area contributed by atoms with Crippen molar-refractivity contribution in [1.82, 2.24) is 0 Å². The Morgan fingerprint density at radius 1 is 1.00 bits per heavy atom. The molecule has 0 saturated heterocycles. The smallest absolute Gasteiger partial charge is 0 e. The Bertz CT molecular complexity index is 11.4. The van der Waals surface area contributed by atoms with E-state index < -0.39 is 0 Å². The van der Waals surface area contributed by atoms with Crippen LogP contribution in [0.4, 0.5) is 0 Å². The molecule has 0 saturated carbocycles. The third-order valence-electron chi connectivity index (χ3n) is 0.500. The van der Waals surface area contributed by atoms with Gasteiger partial charge in [0.1, 0.15) is 0 Å². The molecule has 0 fully saturated rings. The van der Waals surface area contributed by atoms with Gasteiger partial charge in [-0.25, -0.2) is 0 Å². The van der Waals surface area contributed by atoms with Crippen LogP contribution in [0.3, 0.4) is 0 Å². The molecule has 6 heavy (non-hydrogen) atoms. The largest absolute Gasteiger partial charge is 0.343 e. The fourth-order valence-electron chi connectivity index (χ4n) is 0.177. The maximum absolute atomic E-state index is 3.64. The van der Waals surface area contributed by atoms with Crippen molar-refractivity contribution >= 4 is 0 Å². The van der Waals surface area contributed by atoms with E-state index in [9.17, 15) is 0 Å². The van der Waals surface area contributed by atoms with E-state index in [1.165, 1.54) is 6.42 Å². The van der Waals surface area contributed by atoms with Crippen molar-refractivity contribution in [3.8, 4) is 0 Å². The summed E-state index contributed by atoms with van der Waals surface area (Å²) in [7, 11) is 0. The fraction of sp³-hybridized carbons (Fsp3) is 0.600. The molecule has 0 atom stereocenters. The van der Waals surface area contributed by atoms with E-state index in [2.05, 4.69) is 13.8 Å². The van der Waals surface area contributed by atoms with E-state index in [0.29, 0.717) is 0 Å². The molecule has 0 heterocycles. The summed E-state index contributed by atoms with van der Waals surface area (Å²) >= 11 is 0. The predicted molar refractivity (Wildman–Crippen MR) is 24.6 cm³/mol. The van der Waals surface area contributed by atoms with Crippen LogP contribution >= 0.6 is 0 Å². The molecule has 0 aromatic carbocycles. The van der Waals surface area contributed by atoms with E-state index >= 15 is 0 Å². The van der Waals surface area contributed by atoms with Gasteiger partial charge in [0.25, 0.3) is 0 Å². The molecule has 1 heteroatoms. The zero-order chi connectivity index (χ0) is 4.12. The quantitative estimate of drug-likeness (QED) is 0.539. The summed E-state index contributed by atoms with van der Waals surface area (Å²) < 4.78 is 0. The SMILES string of the molecule is [CH2-]CCC[CH2-].[Y]. The van der Waals surface area contributed by atoms with Crippen molar-refractivity contribution in [2.75, 3.05) is 0 Å². The number of hydrogen-bond acceptors (Lipinski definition) is 0. The Labute approximate surface area is 65.6 Å². The van der Waals surface area contributed by atoms with Crippen LogP contribution in [0.5, 0.6) is 0 Å². The Hall–Kier alpha value is 1.10. The molecule has 35 valence electrons. The van der Waals surface area contributed by atoms with Crippen LogP contribution in [0, 0.1) is 13.8 Å². The summed E-state index contributed by atoms with van der Waals surface area (Å²) in [6, 6.07) is 0. The maximum Gasteiger partial charge on any atom is 0 e. The fourth-order valence-corrected chi connectivity index (χ4v) is 0.177. The van der Waals surface area contributed by atoms with Crippen molar-refractivity contribution < 1.29 is 32.7 Å². The Balaban J connectivity index is 0. The summed E-state index contributed by atoms with van der Waals surface area (Å²) in [5, 5.41) is 0. The van der Waals surface area contributed by atoms with E-state index in [1.807, 2.05) is 0 Å². The molecular formula is C5H10Y-2. The van der Waals surface area contributed by atoms with E-state index in [0.717, 1.165) is 12.8 Å². The van der Waals surface area contributed by atoms with E-state index in [1.54, 1.807) is 0 Å².